The van der Waals surface area contributed by atoms with Crippen LogP contribution in [-0.2, 0) is 0 Å². The average Bonchev–Trinajstić information content (AvgIpc) is 2.70. The maximum absolute atomic E-state index is 10.7. The molecule has 0 aliphatic carbocycles. The molecule has 0 aliphatic rings. The monoisotopic (exact) mass is 195 g/mol. The summed E-state index contributed by atoms with van der Waals surface area (Å²) in [6.45, 7) is 0. The first-order valence-electron chi connectivity index (χ1n) is 3.54. The molecule has 0 amide bonds. The summed E-state index contributed by atoms with van der Waals surface area (Å²) in [5.41, 5.74) is 5.03. The van der Waals surface area contributed by atoms with Crippen molar-refractivity contribution in [1.29, 1.82) is 0 Å². The molecule has 0 aliphatic heterocycles. The maximum atomic E-state index is 10.7. The minimum absolute atomic E-state index is 0.00611. The van der Waals surface area contributed by atoms with Gasteiger partial charge in [-0.25, -0.2) is 9.78 Å². The molecule has 2 heterocycles. The molecule has 2 aromatic heterocycles. The van der Waals surface area contributed by atoms with Crippen LogP contribution in [0.1, 0.15) is 10.5 Å². The second-order valence-corrected chi connectivity index (χ2v) is 2.35. The SMILES string of the molecule is Nc1nnn(-c2ncco2)c1C(=O)O. The van der Waals surface area contributed by atoms with Crippen LogP contribution in [0.4, 0.5) is 5.82 Å². The summed E-state index contributed by atoms with van der Waals surface area (Å²) in [6.07, 6.45) is 2.65. The molecule has 0 spiro atoms. The summed E-state index contributed by atoms with van der Waals surface area (Å²) in [5, 5.41) is 15.7. The summed E-state index contributed by atoms with van der Waals surface area (Å²) in [5.74, 6) is -1.43. The second kappa shape index (κ2) is 2.83. The Bertz CT molecular complexity index is 460. The van der Waals surface area contributed by atoms with Crippen molar-refractivity contribution >= 4 is 11.8 Å². The molecule has 0 unspecified atom stereocenters. The van der Waals surface area contributed by atoms with Crippen molar-refractivity contribution in [3.05, 3.63) is 18.2 Å². The van der Waals surface area contributed by atoms with E-state index >= 15 is 0 Å². The highest BCUT2D eigenvalue weighted by atomic mass is 16.4. The highest BCUT2D eigenvalue weighted by Gasteiger charge is 2.20. The van der Waals surface area contributed by atoms with E-state index in [4.69, 9.17) is 15.3 Å². The van der Waals surface area contributed by atoms with Gasteiger partial charge in [0, 0.05) is 0 Å². The Morgan fingerprint density at radius 2 is 2.43 bits per heavy atom. The van der Waals surface area contributed by atoms with Crippen molar-refractivity contribution in [2.75, 3.05) is 5.73 Å². The van der Waals surface area contributed by atoms with Gasteiger partial charge in [-0.1, -0.05) is 5.21 Å². The lowest BCUT2D eigenvalue weighted by atomic mass is 10.4. The normalized spacial score (nSPS) is 10.3. The maximum Gasteiger partial charge on any atom is 0.358 e. The lowest BCUT2D eigenvalue weighted by Crippen LogP contribution is -2.10. The van der Waals surface area contributed by atoms with Crippen LogP contribution in [0.3, 0.4) is 0 Å². The molecule has 0 saturated heterocycles. The number of nitrogens with zero attached hydrogens (tertiary/aromatic N) is 4. The second-order valence-electron chi connectivity index (χ2n) is 2.35. The molecule has 0 saturated carbocycles. The van der Waals surface area contributed by atoms with E-state index in [0.717, 1.165) is 4.68 Å². The van der Waals surface area contributed by atoms with E-state index < -0.39 is 5.97 Å². The minimum Gasteiger partial charge on any atom is -0.476 e. The van der Waals surface area contributed by atoms with Crippen LogP contribution >= 0.6 is 0 Å². The molecule has 0 radical (unpaired) electrons. The molecule has 0 fully saturated rings. The summed E-state index contributed by atoms with van der Waals surface area (Å²) in [4.78, 5) is 14.5. The predicted octanol–water partition coefficient (Wildman–Crippen LogP) is -0.464. The standard InChI is InChI=1S/C6H5N5O3/c7-4-3(5(12)13)11(10-9-4)6-8-1-2-14-6/h1-2H,7H2,(H,12,13). The van der Waals surface area contributed by atoms with Gasteiger partial charge in [-0.15, -0.1) is 5.10 Å². The van der Waals surface area contributed by atoms with Gasteiger partial charge in [0.25, 0.3) is 0 Å². The van der Waals surface area contributed by atoms with Crippen molar-refractivity contribution in [2.24, 2.45) is 0 Å². The number of hydrogen-bond donors (Lipinski definition) is 2. The van der Waals surface area contributed by atoms with E-state index in [2.05, 4.69) is 15.3 Å². The lowest BCUT2D eigenvalue weighted by Gasteiger charge is -1.95. The van der Waals surface area contributed by atoms with E-state index in [1.54, 1.807) is 0 Å². The zero-order chi connectivity index (χ0) is 10.1. The zero-order valence-corrected chi connectivity index (χ0v) is 6.78. The Morgan fingerprint density at radius 3 is 3.00 bits per heavy atom. The average molecular weight is 195 g/mol. The first-order chi connectivity index (χ1) is 6.70. The first-order valence-corrected chi connectivity index (χ1v) is 3.54. The molecular weight excluding hydrogens is 190 g/mol. The first kappa shape index (κ1) is 8.23. The van der Waals surface area contributed by atoms with Gasteiger partial charge < -0.3 is 15.3 Å². The topological polar surface area (TPSA) is 120 Å². The van der Waals surface area contributed by atoms with Gasteiger partial charge in [0.15, 0.2) is 5.82 Å². The summed E-state index contributed by atoms with van der Waals surface area (Å²) in [7, 11) is 0. The molecular formula is C6H5N5O3. The Labute approximate surface area is 77.0 Å². The molecule has 14 heavy (non-hydrogen) atoms. The number of carbonyl (C=O) groups is 1. The molecule has 3 N–H and O–H groups in total. The van der Waals surface area contributed by atoms with Crippen LogP contribution in [0.5, 0.6) is 0 Å². The van der Waals surface area contributed by atoms with E-state index in [1.807, 2.05) is 0 Å². The van der Waals surface area contributed by atoms with Gasteiger partial charge in [-0.2, -0.15) is 4.68 Å². The fourth-order valence-electron chi connectivity index (χ4n) is 0.948. The van der Waals surface area contributed by atoms with Gasteiger partial charge in [0.1, 0.15) is 6.26 Å². The number of oxazole rings is 1. The van der Waals surface area contributed by atoms with Gasteiger partial charge in [-0.3, -0.25) is 0 Å². The Morgan fingerprint density at radius 1 is 1.64 bits per heavy atom. The van der Waals surface area contributed by atoms with E-state index in [-0.39, 0.29) is 17.5 Å². The molecule has 2 rings (SSSR count). The number of hydrogen-bond acceptors (Lipinski definition) is 6. The number of rotatable bonds is 2. The summed E-state index contributed by atoms with van der Waals surface area (Å²) < 4.78 is 5.77. The third-order valence-corrected chi connectivity index (χ3v) is 1.50. The van der Waals surface area contributed by atoms with Gasteiger partial charge in [0.05, 0.1) is 6.20 Å². The van der Waals surface area contributed by atoms with Crippen LogP contribution in [0.15, 0.2) is 16.9 Å². The number of carboxylic acid groups (broad SMARTS) is 1. The predicted molar refractivity (Wildman–Crippen MR) is 42.8 cm³/mol. The van der Waals surface area contributed by atoms with Gasteiger partial charge in [0.2, 0.25) is 5.69 Å². The van der Waals surface area contributed by atoms with Gasteiger partial charge in [-0.05, 0) is 0 Å². The van der Waals surface area contributed by atoms with E-state index in [9.17, 15) is 4.79 Å². The Hall–Kier alpha value is -2.38. The Kier molecular flexibility index (Phi) is 1.67. The fraction of sp³-hybridized carbons (Fsp3) is 0. The lowest BCUT2D eigenvalue weighted by molar-refractivity contribution is 0.0687. The molecule has 0 bridgehead atoms. The van der Waals surface area contributed by atoms with E-state index in [0.29, 0.717) is 0 Å². The number of nitrogen functional groups attached to an aromatic ring is 1. The number of nitrogens with two attached hydrogens (primary N) is 1. The zero-order valence-electron chi connectivity index (χ0n) is 6.78. The molecule has 0 aromatic carbocycles. The van der Waals surface area contributed by atoms with Crippen molar-refractivity contribution in [2.45, 2.75) is 0 Å². The number of anilines is 1. The molecule has 2 aromatic rings. The molecule has 8 heteroatoms. The molecule has 8 nitrogen and oxygen atoms in total. The van der Waals surface area contributed by atoms with Crippen LogP contribution in [0.2, 0.25) is 0 Å². The third kappa shape index (κ3) is 1.09. The van der Waals surface area contributed by atoms with Crippen LogP contribution in [-0.4, -0.2) is 31.1 Å². The minimum atomic E-state index is -1.24. The van der Waals surface area contributed by atoms with Crippen molar-refractivity contribution in [3.63, 3.8) is 0 Å². The Balaban J connectivity index is 2.60. The molecule has 0 atom stereocenters. The highest BCUT2D eigenvalue weighted by molar-refractivity contribution is 5.90. The number of aromatic nitrogens is 4. The molecule has 72 valence electrons. The smallest absolute Gasteiger partial charge is 0.358 e. The van der Waals surface area contributed by atoms with Crippen molar-refractivity contribution in [1.82, 2.24) is 20.0 Å². The summed E-state index contributed by atoms with van der Waals surface area (Å²) in [6, 6.07) is 0.00611. The quantitative estimate of drug-likeness (QED) is 0.664. The largest absolute Gasteiger partial charge is 0.476 e. The van der Waals surface area contributed by atoms with Crippen LogP contribution < -0.4 is 5.73 Å². The third-order valence-electron chi connectivity index (χ3n) is 1.50. The van der Waals surface area contributed by atoms with Gasteiger partial charge >= 0.3 is 12.0 Å². The fourth-order valence-corrected chi connectivity index (χ4v) is 0.948. The number of carboxylic acids is 1. The van der Waals surface area contributed by atoms with Crippen LogP contribution in [0.25, 0.3) is 6.01 Å². The van der Waals surface area contributed by atoms with Crippen LogP contribution in [0, 0.1) is 0 Å². The number of aromatic carboxylic acids is 1. The van der Waals surface area contributed by atoms with Crippen molar-refractivity contribution < 1.29 is 14.3 Å². The highest BCUT2D eigenvalue weighted by Crippen LogP contribution is 2.12. The van der Waals surface area contributed by atoms with E-state index in [1.165, 1.54) is 12.5 Å². The summed E-state index contributed by atoms with van der Waals surface area (Å²) >= 11 is 0. The van der Waals surface area contributed by atoms with Crippen molar-refractivity contribution in [3.8, 4) is 6.01 Å².